The standard InChI is InChI=1S/C61H55NO/c1-40-31-33-47(39-54(40)43-32-34-52-51-25-13-16-30-57(51)63-58(52)37-43)62(55-28-14-11-23-48(55)41-19-9-8-10-20-41)56-29-15-12-24-50(56)53-27-18-22-42-21-17-26-49(59(42)53)44-35-45(60(2,3)4)38-46(36-44)61(5,6)7/h8-40,54H,1-7H3. The highest BCUT2D eigenvalue weighted by molar-refractivity contribution is 6.09. The Morgan fingerprint density at radius 3 is 1.78 bits per heavy atom. The topological polar surface area (TPSA) is 16.4 Å². The molecule has 2 heteroatoms. The summed E-state index contributed by atoms with van der Waals surface area (Å²) >= 11 is 0. The molecular weight excluding hydrogens is 763 g/mol. The second-order valence-corrected chi connectivity index (χ2v) is 19.4. The highest BCUT2D eigenvalue weighted by Gasteiger charge is 2.28. The van der Waals surface area contributed by atoms with Crippen molar-refractivity contribution >= 4 is 44.1 Å². The van der Waals surface area contributed by atoms with Crippen molar-refractivity contribution in [3.8, 4) is 33.4 Å². The molecule has 0 fully saturated rings. The van der Waals surface area contributed by atoms with Crippen molar-refractivity contribution in [3.63, 3.8) is 0 Å². The molecule has 0 saturated heterocycles. The van der Waals surface area contributed by atoms with E-state index in [-0.39, 0.29) is 22.7 Å². The van der Waals surface area contributed by atoms with Crippen LogP contribution in [0.25, 0.3) is 66.1 Å². The van der Waals surface area contributed by atoms with Crippen molar-refractivity contribution in [1.82, 2.24) is 0 Å². The van der Waals surface area contributed by atoms with E-state index in [1.807, 2.05) is 6.07 Å². The van der Waals surface area contributed by atoms with E-state index in [1.165, 1.54) is 60.8 Å². The first-order chi connectivity index (χ1) is 30.4. The van der Waals surface area contributed by atoms with Gasteiger partial charge in [0.25, 0.3) is 0 Å². The van der Waals surface area contributed by atoms with E-state index in [9.17, 15) is 0 Å². The van der Waals surface area contributed by atoms with E-state index in [1.54, 1.807) is 0 Å². The first-order valence-electron chi connectivity index (χ1n) is 22.5. The van der Waals surface area contributed by atoms with Crippen molar-refractivity contribution in [1.29, 1.82) is 0 Å². The third kappa shape index (κ3) is 7.48. The van der Waals surface area contributed by atoms with Crippen molar-refractivity contribution < 1.29 is 4.42 Å². The van der Waals surface area contributed by atoms with Crippen LogP contribution >= 0.6 is 0 Å². The Morgan fingerprint density at radius 2 is 1.06 bits per heavy atom. The van der Waals surface area contributed by atoms with Crippen molar-refractivity contribution in [3.05, 3.63) is 217 Å². The number of rotatable bonds is 7. The lowest BCUT2D eigenvalue weighted by Crippen LogP contribution is -2.21. The maximum absolute atomic E-state index is 6.44. The summed E-state index contributed by atoms with van der Waals surface area (Å²) in [6, 6.07) is 64.7. The molecule has 2 unspecified atom stereocenters. The Balaban J connectivity index is 1.20. The number of hydrogen-bond donors (Lipinski definition) is 0. The lowest BCUT2D eigenvalue weighted by Gasteiger charge is -2.34. The molecule has 2 atom stereocenters. The highest BCUT2D eigenvalue weighted by atomic mass is 16.3. The molecule has 0 amide bonds. The zero-order valence-corrected chi connectivity index (χ0v) is 37.5. The quantitative estimate of drug-likeness (QED) is 0.159. The van der Waals surface area contributed by atoms with E-state index >= 15 is 0 Å². The van der Waals surface area contributed by atoms with Crippen LogP contribution in [-0.4, -0.2) is 0 Å². The first kappa shape index (κ1) is 40.2. The lowest BCUT2D eigenvalue weighted by atomic mass is 9.78. The summed E-state index contributed by atoms with van der Waals surface area (Å²) in [7, 11) is 0. The molecule has 0 bridgehead atoms. The Kier molecular flexibility index (Phi) is 10.1. The van der Waals surface area contributed by atoms with Gasteiger partial charge in [-0.15, -0.1) is 0 Å². The smallest absolute Gasteiger partial charge is 0.135 e. The van der Waals surface area contributed by atoms with Crippen LogP contribution in [0.3, 0.4) is 0 Å². The van der Waals surface area contributed by atoms with Gasteiger partial charge in [-0.2, -0.15) is 0 Å². The molecule has 0 radical (unpaired) electrons. The number of benzene rings is 8. The Morgan fingerprint density at radius 1 is 0.476 bits per heavy atom. The summed E-state index contributed by atoms with van der Waals surface area (Å²) in [6.45, 7) is 16.3. The average Bonchev–Trinajstić information content (AvgIpc) is 3.67. The Labute approximate surface area is 372 Å². The molecule has 1 heterocycles. The number of allylic oxidation sites excluding steroid dienone is 3. The third-order valence-electron chi connectivity index (χ3n) is 13.1. The molecule has 0 N–H and O–H groups in total. The number of furan rings is 1. The summed E-state index contributed by atoms with van der Waals surface area (Å²) in [6.07, 6.45) is 7.20. The van der Waals surface area contributed by atoms with Crippen LogP contribution < -0.4 is 4.90 Å². The van der Waals surface area contributed by atoms with Gasteiger partial charge in [0.05, 0.1) is 11.4 Å². The minimum atomic E-state index is -0.00290. The predicted molar refractivity (Wildman–Crippen MR) is 269 cm³/mol. The van der Waals surface area contributed by atoms with Gasteiger partial charge >= 0.3 is 0 Å². The molecule has 63 heavy (non-hydrogen) atoms. The first-order valence-corrected chi connectivity index (χ1v) is 22.5. The molecule has 1 aliphatic carbocycles. The third-order valence-corrected chi connectivity index (χ3v) is 13.1. The molecule has 0 spiro atoms. The summed E-state index contributed by atoms with van der Waals surface area (Å²) in [4.78, 5) is 2.51. The van der Waals surface area contributed by atoms with Gasteiger partial charge in [0.1, 0.15) is 11.2 Å². The van der Waals surface area contributed by atoms with Crippen molar-refractivity contribution in [2.75, 3.05) is 4.90 Å². The molecule has 8 aromatic carbocycles. The Bertz CT molecular complexity index is 3180. The van der Waals surface area contributed by atoms with E-state index in [0.717, 1.165) is 39.0 Å². The normalized spacial score (nSPS) is 15.6. The zero-order chi connectivity index (χ0) is 43.5. The molecule has 1 aromatic heterocycles. The number of anilines is 2. The fourth-order valence-electron chi connectivity index (χ4n) is 9.55. The summed E-state index contributed by atoms with van der Waals surface area (Å²) < 4.78 is 6.44. The van der Waals surface area contributed by atoms with Crippen LogP contribution in [0.15, 0.2) is 204 Å². The van der Waals surface area contributed by atoms with E-state index in [4.69, 9.17) is 4.42 Å². The number of hydrogen-bond acceptors (Lipinski definition) is 2. The highest BCUT2D eigenvalue weighted by Crippen LogP contribution is 2.48. The molecule has 10 rings (SSSR count). The van der Waals surface area contributed by atoms with Gasteiger partial charge in [-0.25, -0.2) is 0 Å². The van der Waals surface area contributed by atoms with Gasteiger partial charge in [-0.05, 0) is 96.8 Å². The second kappa shape index (κ2) is 15.8. The number of nitrogens with zero attached hydrogens (tertiary/aromatic N) is 1. The SMILES string of the molecule is CC1C=CC(N(c2ccccc2-c2ccccc2)c2ccccc2-c2cccc3cccc(-c4cc(C(C)(C)C)cc(C(C)(C)C)c4)c23)=CC1c1ccc2c(c1)oc1ccccc12. The predicted octanol–water partition coefficient (Wildman–Crippen LogP) is 17.3. The van der Waals surface area contributed by atoms with E-state index in [2.05, 4.69) is 241 Å². The van der Waals surface area contributed by atoms with Crippen LogP contribution in [0, 0.1) is 5.92 Å². The zero-order valence-electron chi connectivity index (χ0n) is 37.5. The maximum atomic E-state index is 6.44. The van der Waals surface area contributed by atoms with Gasteiger partial charge in [0.15, 0.2) is 0 Å². The summed E-state index contributed by atoms with van der Waals surface area (Å²) in [5.41, 5.74) is 16.4. The van der Waals surface area contributed by atoms with Crippen LogP contribution in [0.5, 0.6) is 0 Å². The minimum absolute atomic E-state index is 0.00290. The monoisotopic (exact) mass is 817 g/mol. The van der Waals surface area contributed by atoms with Gasteiger partial charge in [-0.1, -0.05) is 212 Å². The fraction of sp³-hybridized carbons (Fsp3) is 0.180. The summed E-state index contributed by atoms with van der Waals surface area (Å²) in [5, 5.41) is 4.79. The van der Waals surface area contributed by atoms with E-state index < -0.39 is 0 Å². The van der Waals surface area contributed by atoms with Gasteiger partial charge < -0.3 is 9.32 Å². The average molecular weight is 818 g/mol. The van der Waals surface area contributed by atoms with Crippen LogP contribution in [-0.2, 0) is 10.8 Å². The van der Waals surface area contributed by atoms with Crippen molar-refractivity contribution in [2.24, 2.45) is 5.92 Å². The van der Waals surface area contributed by atoms with Crippen LogP contribution in [0.2, 0.25) is 0 Å². The van der Waals surface area contributed by atoms with Crippen LogP contribution in [0.1, 0.15) is 71.1 Å². The largest absolute Gasteiger partial charge is 0.456 e. The summed E-state index contributed by atoms with van der Waals surface area (Å²) in [5.74, 6) is 0.400. The minimum Gasteiger partial charge on any atom is -0.456 e. The van der Waals surface area contributed by atoms with Gasteiger partial charge in [0.2, 0.25) is 0 Å². The molecule has 2 nitrogen and oxygen atoms in total. The number of fused-ring (bicyclic) bond motifs is 4. The van der Waals surface area contributed by atoms with Crippen molar-refractivity contribution in [2.45, 2.75) is 65.2 Å². The van der Waals surface area contributed by atoms with E-state index in [0.29, 0.717) is 0 Å². The van der Waals surface area contributed by atoms with Gasteiger partial charge in [-0.3, -0.25) is 0 Å². The second-order valence-electron chi connectivity index (χ2n) is 19.4. The molecule has 0 aliphatic heterocycles. The maximum Gasteiger partial charge on any atom is 0.135 e. The molecule has 1 aliphatic rings. The lowest BCUT2D eigenvalue weighted by molar-refractivity contribution is 0.569. The molecule has 9 aromatic rings. The Hall–Kier alpha value is -6.90. The fourth-order valence-corrected chi connectivity index (χ4v) is 9.55. The molecule has 0 saturated carbocycles. The molecule has 310 valence electrons. The van der Waals surface area contributed by atoms with Gasteiger partial charge in [0, 0.05) is 33.5 Å². The van der Waals surface area contributed by atoms with Crippen LogP contribution in [0.4, 0.5) is 11.4 Å². The molecular formula is C61H55NO. The number of para-hydroxylation sites is 3.